The van der Waals surface area contributed by atoms with Crippen LogP contribution >= 0.6 is 12.2 Å². The molecule has 2 rings (SSSR count). The Kier molecular flexibility index (Phi) is 6.67. The van der Waals surface area contributed by atoms with Crippen LogP contribution in [0.3, 0.4) is 0 Å². The number of thiocarbonyl (C=S) groups is 1. The molecular weight excluding hydrogens is 310 g/mol. The van der Waals surface area contributed by atoms with Gasteiger partial charge >= 0.3 is 0 Å². The lowest BCUT2D eigenvalue weighted by Crippen LogP contribution is -2.51. The summed E-state index contributed by atoms with van der Waals surface area (Å²) in [6, 6.07) is 5.92. The van der Waals surface area contributed by atoms with Gasteiger partial charge in [0, 0.05) is 44.8 Å². The van der Waals surface area contributed by atoms with Crippen LogP contribution in [-0.2, 0) is 6.54 Å². The van der Waals surface area contributed by atoms with Crippen molar-refractivity contribution in [2.75, 3.05) is 46.9 Å². The third-order valence-electron chi connectivity index (χ3n) is 3.94. The second-order valence-electron chi connectivity index (χ2n) is 5.42. The van der Waals surface area contributed by atoms with Crippen LogP contribution in [-0.4, -0.2) is 61.9 Å². The van der Waals surface area contributed by atoms with E-state index in [4.69, 9.17) is 21.7 Å². The van der Waals surface area contributed by atoms with E-state index in [9.17, 15) is 0 Å². The molecule has 1 N–H and O–H groups in total. The Morgan fingerprint density at radius 1 is 1.26 bits per heavy atom. The fraction of sp³-hybridized carbons (Fsp3) is 0.471. The highest BCUT2D eigenvalue weighted by atomic mass is 32.1. The van der Waals surface area contributed by atoms with Crippen molar-refractivity contribution in [2.45, 2.75) is 6.54 Å². The minimum Gasteiger partial charge on any atom is -0.497 e. The minimum absolute atomic E-state index is 0.708. The lowest BCUT2D eigenvalue weighted by Gasteiger charge is -2.36. The number of nitrogens with zero attached hydrogens (tertiary/aromatic N) is 2. The summed E-state index contributed by atoms with van der Waals surface area (Å²) < 4.78 is 10.8. The second-order valence-corrected chi connectivity index (χ2v) is 5.80. The third-order valence-corrected chi connectivity index (χ3v) is 4.34. The summed E-state index contributed by atoms with van der Waals surface area (Å²) in [6.07, 6.45) is 1.82. The molecule has 0 amide bonds. The fourth-order valence-corrected chi connectivity index (χ4v) is 2.89. The molecule has 1 saturated heterocycles. The molecular formula is C17H25N3O2S. The number of hydrogen-bond acceptors (Lipinski definition) is 4. The van der Waals surface area contributed by atoms with Gasteiger partial charge in [0.1, 0.15) is 11.5 Å². The molecule has 126 valence electrons. The molecule has 1 aliphatic heterocycles. The van der Waals surface area contributed by atoms with Gasteiger partial charge in [0.15, 0.2) is 5.11 Å². The van der Waals surface area contributed by atoms with Gasteiger partial charge in [-0.25, -0.2) is 0 Å². The Balaban J connectivity index is 1.91. The largest absolute Gasteiger partial charge is 0.497 e. The zero-order valence-corrected chi connectivity index (χ0v) is 14.7. The van der Waals surface area contributed by atoms with E-state index in [1.165, 1.54) is 0 Å². The molecule has 6 heteroatoms. The lowest BCUT2D eigenvalue weighted by atomic mass is 10.1. The Hall–Kier alpha value is -1.79. The monoisotopic (exact) mass is 335 g/mol. The number of methoxy groups -OCH3 is 2. The van der Waals surface area contributed by atoms with E-state index in [2.05, 4.69) is 21.7 Å². The first-order valence-corrected chi connectivity index (χ1v) is 8.15. The van der Waals surface area contributed by atoms with E-state index in [0.717, 1.165) is 54.9 Å². The topological polar surface area (TPSA) is 37.0 Å². The Morgan fingerprint density at radius 3 is 2.61 bits per heavy atom. The average Bonchev–Trinajstić information content (AvgIpc) is 2.60. The van der Waals surface area contributed by atoms with Crippen molar-refractivity contribution in [1.29, 1.82) is 0 Å². The van der Waals surface area contributed by atoms with Gasteiger partial charge in [0.25, 0.3) is 0 Å². The van der Waals surface area contributed by atoms with E-state index >= 15 is 0 Å². The molecule has 1 aromatic rings. The predicted octanol–water partition coefficient (Wildman–Crippen LogP) is 1.88. The van der Waals surface area contributed by atoms with Crippen molar-refractivity contribution < 1.29 is 9.47 Å². The highest BCUT2D eigenvalue weighted by Gasteiger charge is 2.19. The van der Waals surface area contributed by atoms with Gasteiger partial charge in [0.05, 0.1) is 14.2 Å². The van der Waals surface area contributed by atoms with Crippen LogP contribution in [0.4, 0.5) is 0 Å². The van der Waals surface area contributed by atoms with Crippen LogP contribution < -0.4 is 14.8 Å². The Labute approximate surface area is 143 Å². The van der Waals surface area contributed by atoms with E-state index in [1.54, 1.807) is 14.2 Å². The smallest absolute Gasteiger partial charge is 0.169 e. The standard InChI is InChI=1S/C17H25N3O2S/c1-4-7-18-17(23)20-10-8-19(9-11-20)13-14-12-15(21-2)5-6-16(14)22-3/h4-6,12H,1,7-11,13H2,2-3H3,(H,18,23). The summed E-state index contributed by atoms with van der Waals surface area (Å²) in [5.41, 5.74) is 1.15. The molecule has 1 heterocycles. The van der Waals surface area contributed by atoms with Crippen molar-refractivity contribution in [1.82, 2.24) is 15.1 Å². The van der Waals surface area contributed by atoms with Gasteiger partial charge < -0.3 is 19.7 Å². The molecule has 0 radical (unpaired) electrons. The van der Waals surface area contributed by atoms with Crippen molar-refractivity contribution in [3.63, 3.8) is 0 Å². The van der Waals surface area contributed by atoms with E-state index in [1.807, 2.05) is 24.3 Å². The van der Waals surface area contributed by atoms with Crippen molar-refractivity contribution in [3.05, 3.63) is 36.4 Å². The Morgan fingerprint density at radius 2 is 2.00 bits per heavy atom. The van der Waals surface area contributed by atoms with Gasteiger partial charge in [-0.05, 0) is 30.4 Å². The zero-order valence-electron chi connectivity index (χ0n) is 13.9. The molecule has 5 nitrogen and oxygen atoms in total. The molecule has 0 aromatic heterocycles. The molecule has 0 bridgehead atoms. The highest BCUT2D eigenvalue weighted by molar-refractivity contribution is 7.80. The van der Waals surface area contributed by atoms with Gasteiger partial charge in [-0.3, -0.25) is 4.90 Å². The quantitative estimate of drug-likeness (QED) is 0.632. The normalized spacial score (nSPS) is 15.1. The molecule has 0 aliphatic carbocycles. The van der Waals surface area contributed by atoms with Crippen molar-refractivity contribution in [3.8, 4) is 11.5 Å². The van der Waals surface area contributed by atoms with Crippen LogP contribution in [0, 0.1) is 0 Å². The number of hydrogen-bond donors (Lipinski definition) is 1. The lowest BCUT2D eigenvalue weighted by molar-refractivity contribution is 0.173. The number of nitrogens with one attached hydrogen (secondary N) is 1. The maximum atomic E-state index is 5.46. The third kappa shape index (κ3) is 4.84. The number of ether oxygens (including phenoxy) is 2. The summed E-state index contributed by atoms with van der Waals surface area (Å²) in [4.78, 5) is 4.61. The first-order chi connectivity index (χ1) is 11.2. The van der Waals surface area contributed by atoms with Crippen LogP contribution in [0.2, 0.25) is 0 Å². The Bertz CT molecular complexity index is 543. The van der Waals surface area contributed by atoms with Gasteiger partial charge in [0.2, 0.25) is 0 Å². The van der Waals surface area contributed by atoms with E-state index in [-0.39, 0.29) is 0 Å². The first-order valence-electron chi connectivity index (χ1n) is 7.75. The maximum absolute atomic E-state index is 5.46. The molecule has 1 fully saturated rings. The minimum atomic E-state index is 0.708. The molecule has 0 spiro atoms. The SMILES string of the molecule is C=CCNC(=S)N1CCN(Cc2cc(OC)ccc2OC)CC1. The molecule has 23 heavy (non-hydrogen) atoms. The van der Waals surface area contributed by atoms with Crippen molar-refractivity contribution >= 4 is 17.3 Å². The number of piperazine rings is 1. The number of benzene rings is 1. The average molecular weight is 335 g/mol. The number of rotatable bonds is 6. The molecule has 1 aliphatic rings. The van der Waals surface area contributed by atoms with E-state index in [0.29, 0.717) is 6.54 Å². The summed E-state index contributed by atoms with van der Waals surface area (Å²) in [5.74, 6) is 1.76. The second kappa shape index (κ2) is 8.74. The van der Waals surface area contributed by atoms with Crippen LogP contribution in [0.25, 0.3) is 0 Å². The molecule has 0 atom stereocenters. The fourth-order valence-electron chi connectivity index (χ4n) is 2.63. The summed E-state index contributed by atoms with van der Waals surface area (Å²) in [7, 11) is 3.38. The van der Waals surface area contributed by atoms with Crippen LogP contribution in [0.15, 0.2) is 30.9 Å². The molecule has 1 aromatic carbocycles. The summed E-state index contributed by atoms with van der Waals surface area (Å²) in [6.45, 7) is 9.04. The highest BCUT2D eigenvalue weighted by Crippen LogP contribution is 2.25. The molecule has 0 saturated carbocycles. The van der Waals surface area contributed by atoms with Gasteiger partial charge in [-0.2, -0.15) is 0 Å². The van der Waals surface area contributed by atoms with E-state index < -0.39 is 0 Å². The first kappa shape index (κ1) is 17.6. The van der Waals surface area contributed by atoms with Crippen molar-refractivity contribution in [2.24, 2.45) is 0 Å². The maximum Gasteiger partial charge on any atom is 0.169 e. The summed E-state index contributed by atoms with van der Waals surface area (Å²) >= 11 is 5.39. The predicted molar refractivity (Wildman–Crippen MR) is 97.2 cm³/mol. The summed E-state index contributed by atoms with van der Waals surface area (Å²) in [5, 5.41) is 3.99. The zero-order chi connectivity index (χ0) is 16.7. The van der Waals surface area contributed by atoms with Gasteiger partial charge in [-0.1, -0.05) is 6.08 Å². The molecule has 0 unspecified atom stereocenters. The van der Waals surface area contributed by atoms with Crippen LogP contribution in [0.1, 0.15) is 5.56 Å². The van der Waals surface area contributed by atoms with Gasteiger partial charge in [-0.15, -0.1) is 6.58 Å². The van der Waals surface area contributed by atoms with Crippen LogP contribution in [0.5, 0.6) is 11.5 Å².